The molecule has 4 aromatic carbocycles. The number of thioether (sulfide) groups is 1. The molecule has 9 heterocycles. The van der Waals surface area contributed by atoms with E-state index in [-0.39, 0.29) is 56.3 Å². The molecule has 9 aromatic heterocycles. The minimum Gasteiger partial charge on any atom is -0.389 e. The number of nitrogen functional groups attached to an aromatic ring is 9. The van der Waals surface area contributed by atoms with Crippen molar-refractivity contribution in [2.45, 2.75) is 22.4 Å². The fourth-order valence-corrected chi connectivity index (χ4v) is 14.3. The lowest BCUT2D eigenvalue weighted by Crippen LogP contribution is -2.01. The van der Waals surface area contributed by atoms with Crippen LogP contribution in [-0.4, -0.2) is 95.1 Å². The second-order valence-corrected chi connectivity index (χ2v) is 30.7. The first-order valence-corrected chi connectivity index (χ1v) is 36.8. The number of hydrogen-bond donors (Lipinski definition) is 9. The summed E-state index contributed by atoms with van der Waals surface area (Å²) in [5.41, 5.74) is 52.6. The predicted octanol–water partition coefficient (Wildman–Crippen LogP) is 11.9. The van der Waals surface area contributed by atoms with E-state index in [9.17, 15) is 69.1 Å². The van der Waals surface area contributed by atoms with Crippen molar-refractivity contribution < 1.29 is 38.0 Å². The largest absolute Gasteiger partial charge is 0.389 e. The molecule has 0 atom stereocenters. The van der Waals surface area contributed by atoms with Crippen LogP contribution in [0, 0.1) is 90.3 Å². The number of nitrogens with zero attached hydrogens (tertiary/aromatic N) is 17. The van der Waals surface area contributed by atoms with Crippen LogP contribution in [0.5, 0.6) is 0 Å². The van der Waals surface area contributed by atoms with Crippen LogP contribution < -0.4 is 51.6 Å². The Balaban J connectivity index is 0.000000211. The molecule has 18 N–H and O–H groups in total. The van der Waals surface area contributed by atoms with Gasteiger partial charge in [-0.15, -0.1) is 20.4 Å². The molecule has 540 valence electrons. The number of aryl methyl sites for hydroxylation is 1. The number of thiazole rings is 3. The molecule has 50 heteroatoms. The van der Waals surface area contributed by atoms with Gasteiger partial charge in [0, 0.05) is 36.1 Å². The van der Waals surface area contributed by atoms with Gasteiger partial charge < -0.3 is 51.6 Å². The number of para-hydroxylation sites is 2. The Hall–Kier alpha value is -12.4. The van der Waals surface area contributed by atoms with Crippen LogP contribution in [0.4, 0.5) is 78.5 Å². The van der Waals surface area contributed by atoms with Gasteiger partial charge in [-0.2, -0.15) is 15.6 Å². The highest BCUT2D eigenvalue weighted by Crippen LogP contribution is 2.37. The molecule has 0 fully saturated rings. The average molecular weight is 1610 g/mol. The Morgan fingerprint density at radius 1 is 0.519 bits per heavy atom. The van der Waals surface area contributed by atoms with Gasteiger partial charge in [-0.05, 0) is 77.0 Å². The molecule has 40 nitrogen and oxygen atoms in total. The Labute approximate surface area is 619 Å². The lowest BCUT2D eigenvalue weighted by atomic mass is 10.2. The topological polar surface area (TPSA) is 683 Å². The van der Waals surface area contributed by atoms with E-state index in [1.165, 1.54) is 63.5 Å². The number of non-ortho nitro benzene ring substituents is 1. The number of nitro benzene ring substituents is 1. The maximum Gasteiger partial charge on any atom is 0.345 e. The number of nitro groups is 6. The van der Waals surface area contributed by atoms with Crippen LogP contribution in [-0.2, 0) is 9.84 Å². The highest BCUT2D eigenvalue weighted by atomic mass is 32.2. The highest BCUT2D eigenvalue weighted by molar-refractivity contribution is 8.01. The molecular weight excluding hydrogens is 1560 g/mol. The smallest absolute Gasteiger partial charge is 0.345 e. The molecular formula is C54H50N26O14S10. The number of hydrogen-bond acceptors (Lipinski definition) is 42. The molecule has 13 aromatic rings. The Bertz CT molecular complexity index is 5300. The average Bonchev–Trinajstić information content (AvgIpc) is 1.68. The number of anilines is 9. The van der Waals surface area contributed by atoms with E-state index in [1.807, 2.05) is 91.0 Å². The summed E-state index contributed by atoms with van der Waals surface area (Å²) in [6.07, 6.45) is 2.11. The normalized spacial score (nSPS) is 10.0. The maximum atomic E-state index is 11.0. The molecule has 104 heavy (non-hydrogen) atoms. The summed E-state index contributed by atoms with van der Waals surface area (Å²) < 4.78 is 26.2. The number of nitrogens with two attached hydrogens (primary N) is 9. The van der Waals surface area contributed by atoms with E-state index in [0.29, 0.717) is 65.8 Å². The van der Waals surface area contributed by atoms with Crippen LogP contribution in [0.2, 0.25) is 0 Å². The number of rotatable bonds is 11. The van der Waals surface area contributed by atoms with Gasteiger partial charge in [0.25, 0.3) is 5.69 Å². The van der Waals surface area contributed by atoms with Crippen LogP contribution in [0.25, 0.3) is 36.7 Å². The Morgan fingerprint density at radius 3 is 1.47 bits per heavy atom. The standard InChI is InChI=1S/C11H10N4.C8H7N3S.C7H5N3O2S.C7H6N2S.C5H3N3O2S.C5H6N2O4S2.C4H3N3O4S.C4H7N3S2.C3H3N3O2S/c1-8-10(7-12)11(13)15(14-8)9-5-3-2-4-6-9;9-8-11-10-7(12-8)6-4-2-1-3-5-6;8-7-9-5-2-1-4(10(11)12)3-6(5)13-7;8-7-9-5-3-1-2-4-6(5)10-7;6-2-3-1-4(8(9)10)11-5(3)7;1-13(10,11)4-2-3(7(8)9)5(6)12-4;5-4-2(6(8)9)1-3(12-4)7(10)11;1-2-8-4-7-6-3(5)9-4;4-3-5-1-2(9-3)6(7)8/h2-6H,13H2,1H3;1-5H,(H2,9,11);1-3H,(H2,8,9);1-4H,(H2,8,9);1H,7H2;2H,6H2,1H3;1H,5H2;2H2,1H3,(H2,5,6);1H,(H2,4,5). The van der Waals surface area contributed by atoms with Crippen molar-refractivity contribution in [2.24, 2.45) is 0 Å². The SMILES string of the molecule is CCSc1nnc(N)s1.CS(=O)(=O)c1cc([N+](=O)[O-])c(N)s1.Cc1nn(-c2ccccc2)c(N)c1C#N.N#Cc1cc([N+](=O)[O-])sc1N.Nc1nc2ccc([N+](=O)[O-])cc2s1.Nc1nc2ccccc2s1.Nc1ncc([N+](=O)[O-])s1.Nc1nnc(-c2ccccc2)s1.Nc1sc([N+](=O)[O-])cc1[N+](=O)[O-]. The van der Waals surface area contributed by atoms with E-state index < -0.39 is 45.1 Å². The van der Waals surface area contributed by atoms with Gasteiger partial charge in [0.1, 0.15) is 50.0 Å². The zero-order valence-corrected chi connectivity index (χ0v) is 61.1. The van der Waals surface area contributed by atoms with E-state index in [1.54, 1.807) is 35.5 Å². The van der Waals surface area contributed by atoms with Gasteiger partial charge >= 0.3 is 26.4 Å². The van der Waals surface area contributed by atoms with Gasteiger partial charge in [0.15, 0.2) is 39.6 Å². The quantitative estimate of drug-likeness (QED) is 0.0330. The lowest BCUT2D eigenvalue weighted by molar-refractivity contribution is -0.389. The Morgan fingerprint density at radius 2 is 1.05 bits per heavy atom. The van der Waals surface area contributed by atoms with E-state index in [0.717, 1.165) is 88.5 Å². The Kier molecular flexibility index (Phi) is 30.8. The first-order chi connectivity index (χ1) is 49.1. The van der Waals surface area contributed by atoms with Crippen molar-refractivity contribution in [3.8, 4) is 28.4 Å². The maximum absolute atomic E-state index is 11.0. The third-order valence-electron chi connectivity index (χ3n) is 11.4. The summed E-state index contributed by atoms with van der Waals surface area (Å²) >= 11 is 10.2. The van der Waals surface area contributed by atoms with E-state index in [4.69, 9.17) is 62.1 Å². The minimum atomic E-state index is -3.40. The van der Waals surface area contributed by atoms with Crippen molar-refractivity contribution >= 4 is 211 Å². The van der Waals surface area contributed by atoms with Crippen LogP contribution in [0.15, 0.2) is 136 Å². The monoisotopic (exact) mass is 1610 g/mol. The molecule has 0 unspecified atom stereocenters. The zero-order chi connectivity index (χ0) is 77.1. The first kappa shape index (κ1) is 82.3. The first-order valence-electron chi connectivity index (χ1n) is 27.4. The van der Waals surface area contributed by atoms with Gasteiger partial charge in [-0.3, -0.25) is 60.7 Å². The summed E-state index contributed by atoms with van der Waals surface area (Å²) in [5, 5.41) is 100. The van der Waals surface area contributed by atoms with E-state index in [2.05, 4.69) is 47.4 Å². The lowest BCUT2D eigenvalue weighted by Gasteiger charge is -2.02. The predicted molar refractivity (Wildman–Crippen MR) is 406 cm³/mol. The van der Waals surface area contributed by atoms with Crippen molar-refractivity contribution in [1.29, 1.82) is 10.5 Å². The van der Waals surface area contributed by atoms with Crippen molar-refractivity contribution in [2.75, 3.05) is 63.6 Å². The fraction of sp³-hybridized carbons (Fsp3) is 0.0741. The fourth-order valence-electron chi connectivity index (χ4n) is 6.96. The molecule has 0 bridgehead atoms. The third-order valence-corrected chi connectivity index (χ3v) is 21.0. The molecule has 0 amide bonds. The number of sulfone groups is 1. The van der Waals surface area contributed by atoms with Gasteiger partial charge in [-0.1, -0.05) is 136 Å². The van der Waals surface area contributed by atoms with Gasteiger partial charge in [0.05, 0.1) is 66.9 Å². The summed E-state index contributed by atoms with van der Waals surface area (Å²) in [4.78, 5) is 69.0. The third kappa shape index (κ3) is 25.0. The molecule has 0 aliphatic carbocycles. The zero-order valence-electron chi connectivity index (χ0n) is 52.9. The van der Waals surface area contributed by atoms with Crippen molar-refractivity contribution in [3.05, 3.63) is 205 Å². The number of thiophene rings is 3. The number of aromatic nitrogens is 9. The summed E-state index contributed by atoms with van der Waals surface area (Å²) in [6.45, 7) is 3.84. The molecule has 0 saturated heterocycles. The molecule has 0 radical (unpaired) electrons. The highest BCUT2D eigenvalue weighted by Gasteiger charge is 2.24. The van der Waals surface area contributed by atoms with Gasteiger partial charge in [0.2, 0.25) is 10.3 Å². The molecule has 13 rings (SSSR count). The molecule has 0 aliphatic heterocycles. The number of nitriles is 2. The molecule has 0 aliphatic rings. The van der Waals surface area contributed by atoms with Crippen LogP contribution in [0.3, 0.4) is 0 Å². The molecule has 0 saturated carbocycles. The molecule has 0 spiro atoms. The van der Waals surface area contributed by atoms with Crippen molar-refractivity contribution in [1.82, 2.24) is 45.1 Å². The second kappa shape index (κ2) is 39.0. The van der Waals surface area contributed by atoms with Crippen LogP contribution in [0.1, 0.15) is 23.7 Å². The minimum absolute atomic E-state index is 0.0208. The number of fused-ring (bicyclic) bond motifs is 2. The van der Waals surface area contributed by atoms with Crippen LogP contribution >= 0.6 is 102 Å². The summed E-state index contributed by atoms with van der Waals surface area (Å²) in [5.74, 6) is 1.41. The summed E-state index contributed by atoms with van der Waals surface area (Å²) in [7, 11) is -3.40. The summed E-state index contributed by atoms with van der Waals surface area (Å²) in [6, 6.07) is 38.6. The van der Waals surface area contributed by atoms with Crippen molar-refractivity contribution in [3.63, 3.8) is 0 Å². The second-order valence-electron chi connectivity index (χ2n) is 18.6. The van der Waals surface area contributed by atoms with Gasteiger partial charge in [-0.25, -0.2) is 28.1 Å². The van der Waals surface area contributed by atoms with E-state index >= 15 is 0 Å². The number of benzene rings is 4.